The van der Waals surface area contributed by atoms with Crippen LogP contribution in [0.4, 0.5) is 5.69 Å². The first kappa shape index (κ1) is 20.7. The van der Waals surface area contributed by atoms with Crippen LogP contribution < -0.4 is 10.1 Å². The maximum absolute atomic E-state index is 12.7. The van der Waals surface area contributed by atoms with E-state index in [9.17, 15) is 9.59 Å². The van der Waals surface area contributed by atoms with Gasteiger partial charge in [0.25, 0.3) is 5.22 Å². The lowest BCUT2D eigenvalue weighted by Crippen LogP contribution is -2.39. The molecule has 0 saturated carbocycles. The summed E-state index contributed by atoms with van der Waals surface area (Å²) in [5.41, 5.74) is 2.01. The summed E-state index contributed by atoms with van der Waals surface area (Å²) in [6, 6.07) is 14.6. The monoisotopic (exact) mass is 413 g/mol. The number of carbonyl (C=O) groups is 2. The Kier molecular flexibility index (Phi) is 7.13. The molecule has 3 rings (SSSR count). The van der Waals surface area contributed by atoms with Gasteiger partial charge < -0.3 is 19.4 Å². The fraction of sp³-hybridized carbons (Fsp3) is 0.286. The van der Waals surface area contributed by atoms with Crippen molar-refractivity contribution in [3.63, 3.8) is 0 Å². The highest BCUT2D eigenvalue weighted by molar-refractivity contribution is 7.99. The number of oxazole rings is 1. The van der Waals surface area contributed by atoms with Gasteiger partial charge in [-0.15, -0.1) is 0 Å². The maximum Gasteiger partial charge on any atom is 0.257 e. The molecule has 1 heterocycles. The second kappa shape index (κ2) is 9.97. The zero-order valence-electron chi connectivity index (χ0n) is 16.4. The second-order valence-electron chi connectivity index (χ2n) is 6.30. The molecule has 29 heavy (non-hydrogen) atoms. The molecule has 0 fully saturated rings. The predicted molar refractivity (Wildman–Crippen MR) is 113 cm³/mol. The average Bonchev–Trinajstić information content (AvgIpc) is 3.15. The third-order valence-electron chi connectivity index (χ3n) is 4.16. The standard InChI is InChI=1S/C21H23N3O4S/c1-3-12-24(13-19(25)22-15-8-4-6-10-17(15)27-2)20(26)14-29-21-23-16-9-5-7-11-18(16)28-21/h4-11H,3,12-14H2,1-2H3,(H,22,25). The van der Waals surface area contributed by atoms with Gasteiger partial charge in [-0.1, -0.05) is 43.0 Å². The van der Waals surface area contributed by atoms with E-state index in [0.717, 1.165) is 11.9 Å². The summed E-state index contributed by atoms with van der Waals surface area (Å²) < 4.78 is 10.9. The van der Waals surface area contributed by atoms with Gasteiger partial charge in [0.2, 0.25) is 11.8 Å². The summed E-state index contributed by atoms with van der Waals surface area (Å²) >= 11 is 1.22. The molecule has 0 saturated heterocycles. The molecular weight excluding hydrogens is 390 g/mol. The van der Waals surface area contributed by atoms with Crippen LogP contribution in [0, 0.1) is 0 Å². The Balaban J connectivity index is 1.59. The van der Waals surface area contributed by atoms with Crippen LogP contribution in [0.5, 0.6) is 5.75 Å². The third-order valence-corrected chi connectivity index (χ3v) is 4.97. The van der Waals surface area contributed by atoms with Crippen LogP contribution in [-0.2, 0) is 9.59 Å². The van der Waals surface area contributed by atoms with Gasteiger partial charge in [-0.3, -0.25) is 9.59 Å². The van der Waals surface area contributed by atoms with E-state index >= 15 is 0 Å². The summed E-state index contributed by atoms with van der Waals surface area (Å²) in [7, 11) is 1.54. The Morgan fingerprint density at radius 3 is 2.69 bits per heavy atom. The Morgan fingerprint density at radius 1 is 1.17 bits per heavy atom. The van der Waals surface area contributed by atoms with Gasteiger partial charge in [0.05, 0.1) is 25.1 Å². The van der Waals surface area contributed by atoms with Crippen LogP contribution in [0.2, 0.25) is 0 Å². The van der Waals surface area contributed by atoms with Crippen LogP contribution in [0.1, 0.15) is 13.3 Å². The van der Waals surface area contributed by atoms with E-state index in [2.05, 4.69) is 10.3 Å². The number of rotatable bonds is 9. The van der Waals surface area contributed by atoms with Crippen LogP contribution >= 0.6 is 11.8 Å². The first-order valence-electron chi connectivity index (χ1n) is 9.29. The average molecular weight is 413 g/mol. The van der Waals surface area contributed by atoms with E-state index < -0.39 is 0 Å². The van der Waals surface area contributed by atoms with Gasteiger partial charge in [-0.25, -0.2) is 4.98 Å². The molecule has 152 valence electrons. The Morgan fingerprint density at radius 2 is 1.93 bits per heavy atom. The van der Waals surface area contributed by atoms with E-state index in [-0.39, 0.29) is 24.1 Å². The molecule has 1 aromatic heterocycles. The fourth-order valence-electron chi connectivity index (χ4n) is 2.80. The van der Waals surface area contributed by atoms with Crippen molar-refractivity contribution in [3.8, 4) is 5.75 Å². The van der Waals surface area contributed by atoms with E-state index in [1.807, 2.05) is 43.3 Å². The topological polar surface area (TPSA) is 84.7 Å². The molecule has 0 aliphatic carbocycles. The van der Waals surface area contributed by atoms with Gasteiger partial charge in [0.1, 0.15) is 11.3 Å². The number of amides is 2. The molecule has 0 bridgehead atoms. The first-order valence-corrected chi connectivity index (χ1v) is 10.3. The number of benzene rings is 2. The van der Waals surface area contributed by atoms with Gasteiger partial charge in [-0.05, 0) is 30.7 Å². The lowest BCUT2D eigenvalue weighted by atomic mass is 10.3. The summed E-state index contributed by atoms with van der Waals surface area (Å²) in [6.45, 7) is 2.43. The second-order valence-corrected chi connectivity index (χ2v) is 7.23. The number of nitrogens with one attached hydrogen (secondary N) is 1. The molecule has 3 aromatic rings. The van der Waals surface area contributed by atoms with E-state index in [1.165, 1.54) is 11.8 Å². The fourth-order valence-corrected chi connectivity index (χ4v) is 3.54. The van der Waals surface area contributed by atoms with Crippen LogP contribution in [-0.4, -0.2) is 47.7 Å². The van der Waals surface area contributed by atoms with Crippen molar-refractivity contribution < 1.29 is 18.7 Å². The Hall–Kier alpha value is -3.00. The van der Waals surface area contributed by atoms with Crippen molar-refractivity contribution in [2.45, 2.75) is 18.6 Å². The minimum atomic E-state index is -0.275. The number of anilines is 1. The lowest BCUT2D eigenvalue weighted by molar-refractivity contribution is -0.132. The zero-order valence-corrected chi connectivity index (χ0v) is 17.2. The SMILES string of the molecule is CCCN(CC(=O)Nc1ccccc1OC)C(=O)CSc1nc2ccccc2o1. The molecule has 2 aromatic carbocycles. The van der Waals surface area contributed by atoms with E-state index in [1.54, 1.807) is 24.1 Å². The lowest BCUT2D eigenvalue weighted by Gasteiger charge is -2.21. The number of carbonyl (C=O) groups excluding carboxylic acids is 2. The van der Waals surface area contributed by atoms with Crippen LogP contribution in [0.15, 0.2) is 58.2 Å². The van der Waals surface area contributed by atoms with E-state index in [0.29, 0.717) is 28.8 Å². The number of para-hydroxylation sites is 4. The summed E-state index contributed by atoms with van der Waals surface area (Å²) in [6.07, 6.45) is 0.751. The highest BCUT2D eigenvalue weighted by Gasteiger charge is 2.19. The molecule has 0 atom stereocenters. The van der Waals surface area contributed by atoms with Crippen molar-refractivity contribution in [2.75, 3.05) is 31.3 Å². The maximum atomic E-state index is 12.7. The largest absolute Gasteiger partial charge is 0.495 e. The molecular formula is C21H23N3O4S. The molecule has 0 aliphatic heterocycles. The number of thioether (sulfide) groups is 1. The van der Waals surface area contributed by atoms with Gasteiger partial charge >= 0.3 is 0 Å². The minimum Gasteiger partial charge on any atom is -0.495 e. The summed E-state index contributed by atoms with van der Waals surface area (Å²) in [5.74, 6) is 0.299. The molecule has 0 spiro atoms. The van der Waals surface area contributed by atoms with Crippen molar-refractivity contribution >= 4 is 40.4 Å². The Labute approximate surface area is 173 Å². The molecule has 0 unspecified atom stereocenters. The van der Waals surface area contributed by atoms with Crippen molar-refractivity contribution in [1.82, 2.24) is 9.88 Å². The third kappa shape index (κ3) is 5.51. The summed E-state index contributed by atoms with van der Waals surface area (Å²) in [5, 5.41) is 3.24. The molecule has 0 radical (unpaired) electrons. The number of aromatic nitrogens is 1. The molecule has 8 heteroatoms. The quantitative estimate of drug-likeness (QED) is 0.537. The number of nitrogens with zero attached hydrogens (tertiary/aromatic N) is 2. The molecule has 0 aliphatic rings. The van der Waals surface area contributed by atoms with Gasteiger partial charge in [0.15, 0.2) is 5.58 Å². The smallest absolute Gasteiger partial charge is 0.257 e. The van der Waals surface area contributed by atoms with Crippen LogP contribution in [0.25, 0.3) is 11.1 Å². The van der Waals surface area contributed by atoms with Gasteiger partial charge in [0, 0.05) is 6.54 Å². The predicted octanol–water partition coefficient (Wildman–Crippen LogP) is 3.81. The molecule has 2 amide bonds. The molecule has 1 N–H and O–H groups in total. The number of ether oxygens (including phenoxy) is 1. The zero-order chi connectivity index (χ0) is 20.6. The number of hydrogen-bond donors (Lipinski definition) is 1. The highest BCUT2D eigenvalue weighted by atomic mass is 32.2. The number of hydrogen-bond acceptors (Lipinski definition) is 6. The molecule has 7 nitrogen and oxygen atoms in total. The van der Waals surface area contributed by atoms with Gasteiger partial charge in [-0.2, -0.15) is 0 Å². The minimum absolute atomic E-state index is 0.0289. The number of methoxy groups -OCH3 is 1. The highest BCUT2D eigenvalue weighted by Crippen LogP contribution is 2.24. The van der Waals surface area contributed by atoms with Crippen molar-refractivity contribution in [1.29, 1.82) is 0 Å². The van der Waals surface area contributed by atoms with Crippen molar-refractivity contribution in [3.05, 3.63) is 48.5 Å². The first-order chi connectivity index (χ1) is 14.1. The van der Waals surface area contributed by atoms with Crippen LogP contribution in [0.3, 0.4) is 0 Å². The number of fused-ring (bicyclic) bond motifs is 1. The summed E-state index contributed by atoms with van der Waals surface area (Å²) in [4.78, 5) is 31.0. The van der Waals surface area contributed by atoms with Crippen molar-refractivity contribution in [2.24, 2.45) is 0 Å². The normalized spacial score (nSPS) is 10.7. The van der Waals surface area contributed by atoms with E-state index in [4.69, 9.17) is 9.15 Å². The Bertz CT molecular complexity index is 956.